The molecule has 1 aromatic rings. The molecule has 0 radical (unpaired) electrons. The van der Waals surface area contributed by atoms with Crippen LogP contribution in [0.25, 0.3) is 0 Å². The number of rotatable bonds is 4. The van der Waals surface area contributed by atoms with Crippen molar-refractivity contribution in [1.29, 1.82) is 0 Å². The zero-order valence-corrected chi connectivity index (χ0v) is 15.7. The maximum absolute atomic E-state index is 5.08. The first-order valence-electron chi connectivity index (χ1n) is 8.63. The first-order chi connectivity index (χ1) is 10.9. The SMILES string of the molecule is CC.CC.CC.COCCN1CCN(c2ncccn2)CC1. The molecule has 0 unspecified atom stereocenters. The zero-order valence-electron chi connectivity index (χ0n) is 15.7. The second-order valence-electron chi connectivity index (χ2n) is 3.87. The van der Waals surface area contributed by atoms with Crippen LogP contribution in [0.15, 0.2) is 18.5 Å². The first kappa shape index (κ1) is 23.1. The van der Waals surface area contributed by atoms with Crippen LogP contribution in [-0.4, -0.2) is 61.3 Å². The minimum atomic E-state index is 0.807. The molecule has 0 bridgehead atoms. The monoisotopic (exact) mass is 312 g/mol. The van der Waals surface area contributed by atoms with E-state index >= 15 is 0 Å². The van der Waals surface area contributed by atoms with E-state index in [1.165, 1.54) is 0 Å². The summed E-state index contributed by atoms with van der Waals surface area (Å²) in [5, 5.41) is 0. The van der Waals surface area contributed by atoms with Gasteiger partial charge in [0.2, 0.25) is 5.95 Å². The Labute approximate surface area is 137 Å². The van der Waals surface area contributed by atoms with Crippen molar-refractivity contribution in [2.24, 2.45) is 0 Å². The molecule has 2 rings (SSSR count). The van der Waals surface area contributed by atoms with Crippen LogP contribution >= 0.6 is 0 Å². The molecule has 0 aliphatic carbocycles. The van der Waals surface area contributed by atoms with Crippen molar-refractivity contribution in [3.05, 3.63) is 18.5 Å². The molecule has 0 amide bonds. The van der Waals surface area contributed by atoms with Crippen molar-refractivity contribution in [3.8, 4) is 0 Å². The van der Waals surface area contributed by atoms with Crippen LogP contribution in [0.3, 0.4) is 0 Å². The normalized spacial score (nSPS) is 13.7. The van der Waals surface area contributed by atoms with Gasteiger partial charge in [0, 0.05) is 52.2 Å². The lowest BCUT2D eigenvalue weighted by molar-refractivity contribution is 0.143. The average molecular weight is 313 g/mol. The summed E-state index contributed by atoms with van der Waals surface area (Å²) >= 11 is 0. The van der Waals surface area contributed by atoms with Crippen molar-refractivity contribution in [1.82, 2.24) is 14.9 Å². The quantitative estimate of drug-likeness (QED) is 0.853. The molecule has 1 aromatic heterocycles. The first-order valence-corrected chi connectivity index (χ1v) is 8.63. The van der Waals surface area contributed by atoms with Gasteiger partial charge in [0.05, 0.1) is 6.61 Å². The molecule has 5 nitrogen and oxygen atoms in total. The third-order valence-corrected chi connectivity index (χ3v) is 2.82. The molecule has 0 aromatic carbocycles. The predicted molar refractivity (Wildman–Crippen MR) is 96.6 cm³/mol. The van der Waals surface area contributed by atoms with Gasteiger partial charge in [-0.05, 0) is 6.07 Å². The molecule has 1 aliphatic heterocycles. The highest BCUT2D eigenvalue weighted by molar-refractivity contribution is 5.29. The fourth-order valence-corrected chi connectivity index (χ4v) is 1.85. The second-order valence-corrected chi connectivity index (χ2v) is 3.87. The van der Waals surface area contributed by atoms with Crippen LogP contribution in [-0.2, 0) is 4.74 Å². The predicted octanol–water partition coefficient (Wildman–Crippen LogP) is 3.32. The summed E-state index contributed by atoms with van der Waals surface area (Å²) in [6.45, 7) is 17.9. The minimum Gasteiger partial charge on any atom is -0.383 e. The Hall–Kier alpha value is -1.20. The Balaban J connectivity index is 0. The number of ether oxygens (including phenoxy) is 1. The lowest BCUT2D eigenvalue weighted by Gasteiger charge is -2.34. The fourth-order valence-electron chi connectivity index (χ4n) is 1.85. The van der Waals surface area contributed by atoms with Crippen LogP contribution in [0, 0.1) is 0 Å². The van der Waals surface area contributed by atoms with Crippen LogP contribution < -0.4 is 4.90 Å². The summed E-state index contributed by atoms with van der Waals surface area (Å²) in [5.41, 5.74) is 0. The van der Waals surface area contributed by atoms with Gasteiger partial charge < -0.3 is 9.64 Å². The molecule has 1 aliphatic rings. The van der Waals surface area contributed by atoms with E-state index in [0.717, 1.165) is 45.3 Å². The number of hydrogen-bond donors (Lipinski definition) is 0. The Morgan fingerprint density at radius 1 is 0.909 bits per heavy atom. The van der Waals surface area contributed by atoms with Gasteiger partial charge >= 0.3 is 0 Å². The highest BCUT2D eigenvalue weighted by atomic mass is 16.5. The van der Waals surface area contributed by atoms with Crippen LogP contribution in [0.4, 0.5) is 5.95 Å². The molecule has 2 heterocycles. The Kier molecular flexibility index (Phi) is 18.7. The number of piperazine rings is 1. The van der Waals surface area contributed by atoms with Crippen molar-refractivity contribution < 1.29 is 4.74 Å². The van der Waals surface area contributed by atoms with Crippen molar-refractivity contribution >= 4 is 5.95 Å². The maximum atomic E-state index is 5.08. The smallest absolute Gasteiger partial charge is 0.225 e. The van der Waals surface area contributed by atoms with Gasteiger partial charge in [-0.15, -0.1) is 0 Å². The van der Waals surface area contributed by atoms with E-state index in [2.05, 4.69) is 19.8 Å². The summed E-state index contributed by atoms with van der Waals surface area (Å²) in [6.07, 6.45) is 3.58. The molecule has 5 heteroatoms. The van der Waals surface area contributed by atoms with Gasteiger partial charge in [-0.3, -0.25) is 4.90 Å². The summed E-state index contributed by atoms with van der Waals surface area (Å²) < 4.78 is 5.08. The number of anilines is 1. The minimum absolute atomic E-state index is 0.807. The molecule has 130 valence electrons. The largest absolute Gasteiger partial charge is 0.383 e. The molecule has 1 saturated heterocycles. The third kappa shape index (κ3) is 9.68. The summed E-state index contributed by atoms with van der Waals surface area (Å²) in [7, 11) is 1.74. The molecule has 0 spiro atoms. The van der Waals surface area contributed by atoms with Gasteiger partial charge in [0.1, 0.15) is 0 Å². The van der Waals surface area contributed by atoms with Crippen molar-refractivity contribution in [3.63, 3.8) is 0 Å². The molecule has 0 atom stereocenters. The number of nitrogens with zero attached hydrogens (tertiary/aromatic N) is 4. The molecule has 0 N–H and O–H groups in total. The van der Waals surface area contributed by atoms with Gasteiger partial charge in [-0.2, -0.15) is 0 Å². The van der Waals surface area contributed by atoms with Crippen LogP contribution in [0.5, 0.6) is 0 Å². The van der Waals surface area contributed by atoms with Crippen LogP contribution in [0.2, 0.25) is 0 Å². The van der Waals surface area contributed by atoms with Crippen molar-refractivity contribution in [2.75, 3.05) is 51.3 Å². The fraction of sp³-hybridized carbons (Fsp3) is 0.765. The average Bonchev–Trinajstić information content (AvgIpc) is 2.66. The molecule has 0 saturated carbocycles. The molecular formula is C17H36N4O. The van der Waals surface area contributed by atoms with Crippen molar-refractivity contribution in [2.45, 2.75) is 41.5 Å². The third-order valence-electron chi connectivity index (χ3n) is 2.82. The zero-order chi connectivity index (χ0) is 17.2. The van der Waals surface area contributed by atoms with E-state index in [4.69, 9.17) is 4.74 Å². The Bertz CT molecular complexity index is 301. The molecule has 1 fully saturated rings. The number of aromatic nitrogens is 2. The summed E-state index contributed by atoms with van der Waals surface area (Å²) in [4.78, 5) is 13.2. The molecular weight excluding hydrogens is 276 g/mol. The van der Waals surface area contributed by atoms with Gasteiger partial charge in [-0.1, -0.05) is 41.5 Å². The van der Waals surface area contributed by atoms with E-state index < -0.39 is 0 Å². The topological polar surface area (TPSA) is 41.5 Å². The van der Waals surface area contributed by atoms with E-state index in [1.807, 2.05) is 47.6 Å². The van der Waals surface area contributed by atoms with Gasteiger partial charge in [-0.25, -0.2) is 9.97 Å². The highest BCUT2D eigenvalue weighted by Crippen LogP contribution is 2.08. The maximum Gasteiger partial charge on any atom is 0.225 e. The highest BCUT2D eigenvalue weighted by Gasteiger charge is 2.17. The number of methoxy groups -OCH3 is 1. The second kappa shape index (κ2) is 17.9. The van der Waals surface area contributed by atoms with E-state index in [0.29, 0.717) is 0 Å². The Morgan fingerprint density at radius 3 is 1.86 bits per heavy atom. The summed E-state index contributed by atoms with van der Waals surface area (Å²) in [6, 6.07) is 1.85. The standard InChI is InChI=1S/C11H18N4O.3C2H6/c1-16-10-9-14-5-7-15(8-6-14)11-12-3-2-4-13-11;3*1-2/h2-4H,5-10H2,1H3;3*1-2H3. The lowest BCUT2D eigenvalue weighted by atomic mass is 10.3. The lowest BCUT2D eigenvalue weighted by Crippen LogP contribution is -2.47. The molecule has 22 heavy (non-hydrogen) atoms. The Morgan fingerprint density at radius 2 is 1.41 bits per heavy atom. The summed E-state index contributed by atoms with van der Waals surface area (Å²) in [5.74, 6) is 0.842. The van der Waals surface area contributed by atoms with E-state index in [1.54, 1.807) is 19.5 Å². The van der Waals surface area contributed by atoms with Crippen LogP contribution in [0.1, 0.15) is 41.5 Å². The van der Waals surface area contributed by atoms with E-state index in [-0.39, 0.29) is 0 Å². The van der Waals surface area contributed by atoms with Gasteiger partial charge in [0.25, 0.3) is 0 Å². The van der Waals surface area contributed by atoms with Gasteiger partial charge in [0.15, 0.2) is 0 Å². The number of hydrogen-bond acceptors (Lipinski definition) is 5. The van der Waals surface area contributed by atoms with E-state index in [9.17, 15) is 0 Å².